The number of amidine groups is 1. The van der Waals surface area contributed by atoms with Crippen molar-refractivity contribution in [1.82, 2.24) is 5.32 Å². The first-order chi connectivity index (χ1) is 17.3. The van der Waals surface area contributed by atoms with Gasteiger partial charge in [0.25, 0.3) is 5.91 Å². The Labute approximate surface area is 230 Å². The lowest BCUT2D eigenvalue weighted by molar-refractivity contribution is -0.119. The van der Waals surface area contributed by atoms with Crippen molar-refractivity contribution in [2.75, 3.05) is 16.4 Å². The number of aliphatic imine (C=N–C) groups is 1. The number of sulfone groups is 1. The Morgan fingerprint density at radius 3 is 2.51 bits per heavy atom. The third kappa shape index (κ3) is 6.98. The molecule has 2 amide bonds. The van der Waals surface area contributed by atoms with Crippen LogP contribution >= 0.6 is 35.0 Å². The molecule has 3 atom stereocenters. The van der Waals surface area contributed by atoms with Crippen molar-refractivity contribution in [3.05, 3.63) is 64.1 Å². The van der Waals surface area contributed by atoms with E-state index in [-0.39, 0.29) is 23.2 Å². The summed E-state index contributed by atoms with van der Waals surface area (Å²) in [4.78, 5) is 32.1. The van der Waals surface area contributed by atoms with E-state index >= 15 is 0 Å². The lowest BCUT2D eigenvalue weighted by Gasteiger charge is -2.26. The summed E-state index contributed by atoms with van der Waals surface area (Å²) >= 11 is 13.8. The van der Waals surface area contributed by atoms with Gasteiger partial charge in [-0.3, -0.25) is 4.79 Å². The second-order valence-electron chi connectivity index (χ2n) is 9.89. The van der Waals surface area contributed by atoms with Crippen molar-refractivity contribution in [1.29, 1.82) is 0 Å². The van der Waals surface area contributed by atoms with Gasteiger partial charge in [-0.1, -0.05) is 65.3 Å². The van der Waals surface area contributed by atoms with Crippen LogP contribution in [-0.4, -0.2) is 60.0 Å². The Hall–Kier alpha value is -2.27. The molecule has 2 aromatic rings. The molecule has 0 aliphatic carbocycles. The smallest absolute Gasteiger partial charge is 0.408 e. The number of nitrogens with zero attached hydrogens (tertiary/aromatic N) is 2. The van der Waals surface area contributed by atoms with E-state index in [9.17, 15) is 18.0 Å². The maximum Gasteiger partial charge on any atom is 0.408 e. The molecule has 4 rings (SSSR count). The molecule has 198 valence electrons. The van der Waals surface area contributed by atoms with Crippen LogP contribution in [0.25, 0.3) is 0 Å². The third-order valence-electron chi connectivity index (χ3n) is 5.71. The number of hydrogen-bond acceptors (Lipinski definition) is 6. The van der Waals surface area contributed by atoms with E-state index in [4.69, 9.17) is 27.9 Å². The molecule has 2 aromatic carbocycles. The molecule has 0 aromatic heterocycles. The molecular weight excluding hydrogens is 557 g/mol. The van der Waals surface area contributed by atoms with Crippen LogP contribution in [0.5, 0.6) is 0 Å². The van der Waals surface area contributed by atoms with Gasteiger partial charge in [0.1, 0.15) is 11.6 Å². The quantitative estimate of drug-likeness (QED) is 0.542. The summed E-state index contributed by atoms with van der Waals surface area (Å²) < 4.78 is 30.1. The summed E-state index contributed by atoms with van der Waals surface area (Å²) in [7, 11) is -3.25. The number of alkyl carbamates (subject to hydrolysis) is 1. The van der Waals surface area contributed by atoms with Gasteiger partial charge in [-0.2, -0.15) is 4.99 Å². The Balaban J connectivity index is 1.67. The fraction of sp³-hybridized carbons (Fsp3) is 0.400. The maximum atomic E-state index is 13.5. The van der Waals surface area contributed by atoms with Crippen molar-refractivity contribution < 1.29 is 22.7 Å². The molecule has 2 aliphatic rings. The van der Waals surface area contributed by atoms with E-state index in [0.29, 0.717) is 20.9 Å². The van der Waals surface area contributed by atoms with Crippen molar-refractivity contribution in [3.63, 3.8) is 0 Å². The van der Waals surface area contributed by atoms with Gasteiger partial charge in [0.15, 0.2) is 15.0 Å². The fourth-order valence-electron chi connectivity index (χ4n) is 4.19. The van der Waals surface area contributed by atoms with Gasteiger partial charge in [-0.25, -0.2) is 13.2 Å². The highest BCUT2D eigenvalue weighted by atomic mass is 35.5. The van der Waals surface area contributed by atoms with Gasteiger partial charge < -0.3 is 15.0 Å². The van der Waals surface area contributed by atoms with Gasteiger partial charge >= 0.3 is 6.09 Å². The molecule has 12 heteroatoms. The predicted octanol–water partition coefficient (Wildman–Crippen LogP) is 4.73. The Morgan fingerprint density at radius 2 is 1.86 bits per heavy atom. The number of fused-ring (bicyclic) bond motifs is 1. The van der Waals surface area contributed by atoms with Crippen LogP contribution in [-0.2, 0) is 25.8 Å². The van der Waals surface area contributed by atoms with E-state index < -0.39 is 39.5 Å². The van der Waals surface area contributed by atoms with Crippen LogP contribution in [0.4, 0.5) is 10.5 Å². The maximum absolute atomic E-state index is 13.5. The molecular formula is C25H27Cl2N3O5S2. The standard InChI is InChI=1S/C25H27Cl2N3O5S2/c1-25(2,3)35-24(32)28-18(11-15-7-5-4-6-8-15)22(31)29-23-30(19-10-9-16(26)12-17(19)27)20-13-37(33,34)14-21(20)36-23/h4-10,12,18,20-21H,11,13-14H2,1-3H3,(H,28,32)/t18-,20+,21+/m1/s1. The Morgan fingerprint density at radius 1 is 1.16 bits per heavy atom. The van der Waals surface area contributed by atoms with Crippen molar-refractivity contribution >= 4 is 67.7 Å². The van der Waals surface area contributed by atoms with Crippen LogP contribution in [0.3, 0.4) is 0 Å². The fourth-order valence-corrected chi connectivity index (χ4v) is 8.61. The van der Waals surface area contributed by atoms with Crippen molar-refractivity contribution in [2.45, 2.75) is 50.1 Å². The minimum atomic E-state index is -3.25. The van der Waals surface area contributed by atoms with Crippen LogP contribution < -0.4 is 10.2 Å². The molecule has 2 aliphatic heterocycles. The summed E-state index contributed by atoms with van der Waals surface area (Å²) in [6.45, 7) is 5.20. The van der Waals surface area contributed by atoms with Gasteiger partial charge in [0, 0.05) is 16.7 Å². The minimum absolute atomic E-state index is 0.0269. The third-order valence-corrected chi connectivity index (χ3v) is 9.46. The summed E-state index contributed by atoms with van der Waals surface area (Å²) in [6.07, 6.45) is -0.537. The monoisotopic (exact) mass is 583 g/mol. The van der Waals surface area contributed by atoms with Gasteiger partial charge in [0.05, 0.1) is 28.3 Å². The molecule has 2 heterocycles. The number of ether oxygens (including phenoxy) is 1. The molecule has 37 heavy (non-hydrogen) atoms. The lowest BCUT2D eigenvalue weighted by atomic mass is 10.1. The average Bonchev–Trinajstić information content (AvgIpc) is 3.24. The van der Waals surface area contributed by atoms with E-state index in [1.807, 2.05) is 30.3 Å². The van der Waals surface area contributed by atoms with Crippen LogP contribution in [0.1, 0.15) is 26.3 Å². The number of hydrogen-bond donors (Lipinski definition) is 1. The number of thioether (sulfide) groups is 1. The van der Waals surface area contributed by atoms with E-state index in [0.717, 1.165) is 5.56 Å². The number of halogens is 2. The van der Waals surface area contributed by atoms with E-state index in [1.165, 1.54) is 11.8 Å². The summed E-state index contributed by atoms with van der Waals surface area (Å²) in [6, 6.07) is 12.7. The first-order valence-corrected chi connectivity index (χ1v) is 15.0. The van der Waals surface area contributed by atoms with Crippen LogP contribution in [0, 0.1) is 0 Å². The number of carbonyl (C=O) groups excluding carboxylic acids is 2. The van der Waals surface area contributed by atoms with Crippen molar-refractivity contribution in [2.24, 2.45) is 4.99 Å². The number of carbonyl (C=O) groups is 2. The second-order valence-corrected chi connectivity index (χ2v) is 14.1. The number of anilines is 1. The number of rotatable bonds is 5. The first kappa shape index (κ1) is 27.8. The summed E-state index contributed by atoms with van der Waals surface area (Å²) in [5.41, 5.74) is 0.592. The molecule has 2 fully saturated rings. The molecule has 0 bridgehead atoms. The predicted molar refractivity (Wildman–Crippen MR) is 149 cm³/mol. The molecule has 0 radical (unpaired) electrons. The Kier molecular flexibility index (Phi) is 8.13. The highest BCUT2D eigenvalue weighted by Gasteiger charge is 2.50. The largest absolute Gasteiger partial charge is 0.444 e. The van der Waals surface area contributed by atoms with Gasteiger partial charge in [-0.15, -0.1) is 0 Å². The van der Waals surface area contributed by atoms with E-state index in [2.05, 4.69) is 10.3 Å². The van der Waals surface area contributed by atoms with E-state index in [1.54, 1.807) is 43.9 Å². The highest BCUT2D eigenvalue weighted by Crippen LogP contribution is 2.43. The van der Waals surface area contributed by atoms with Crippen LogP contribution in [0.15, 0.2) is 53.5 Å². The highest BCUT2D eigenvalue weighted by molar-refractivity contribution is 8.16. The zero-order valence-electron chi connectivity index (χ0n) is 20.5. The number of benzene rings is 2. The normalized spacial score (nSPS) is 22.5. The summed E-state index contributed by atoms with van der Waals surface area (Å²) in [5, 5.41) is 3.40. The van der Waals surface area contributed by atoms with Gasteiger partial charge in [0.2, 0.25) is 0 Å². The molecule has 1 N–H and O–H groups in total. The average molecular weight is 585 g/mol. The summed E-state index contributed by atoms with van der Waals surface area (Å²) in [5.74, 6) is -0.698. The second kappa shape index (κ2) is 10.8. The zero-order valence-corrected chi connectivity index (χ0v) is 23.6. The molecule has 2 saturated heterocycles. The molecule has 8 nitrogen and oxygen atoms in total. The van der Waals surface area contributed by atoms with Crippen molar-refractivity contribution in [3.8, 4) is 0 Å². The topological polar surface area (TPSA) is 105 Å². The zero-order chi connectivity index (χ0) is 27.0. The molecule has 0 saturated carbocycles. The number of nitrogens with one attached hydrogen (secondary N) is 1. The van der Waals surface area contributed by atoms with Crippen LogP contribution in [0.2, 0.25) is 10.0 Å². The first-order valence-electron chi connectivity index (χ1n) is 11.6. The molecule has 0 unspecified atom stereocenters. The molecule has 0 spiro atoms. The number of amides is 2. The SMILES string of the molecule is CC(C)(C)OC(=O)N[C@H](Cc1ccccc1)C(=O)N=C1S[C@H]2CS(=O)(=O)C[C@@H]2N1c1ccc(Cl)cc1Cl. The van der Waals surface area contributed by atoms with Gasteiger partial charge in [-0.05, 0) is 44.5 Å². The minimum Gasteiger partial charge on any atom is -0.444 e. The lowest BCUT2D eigenvalue weighted by Crippen LogP contribution is -2.45. The Bertz CT molecular complexity index is 1330.